The van der Waals surface area contributed by atoms with Crippen LogP contribution in [0.4, 0.5) is 0 Å². The predicted octanol–water partition coefficient (Wildman–Crippen LogP) is -0.415. The maximum Gasteiger partial charge on any atom is 0.226 e. The van der Waals surface area contributed by atoms with E-state index in [9.17, 15) is 4.79 Å². The van der Waals surface area contributed by atoms with Crippen LogP contribution >= 0.6 is 0 Å². The average Bonchev–Trinajstić information content (AvgIpc) is 2.87. The number of aromatic nitrogens is 4. The Morgan fingerprint density at radius 1 is 1.35 bits per heavy atom. The van der Waals surface area contributed by atoms with Crippen molar-refractivity contribution in [2.24, 2.45) is 7.05 Å². The molecule has 102 valence electrons. The molecule has 7 heteroatoms. The molecule has 0 aliphatic rings. The fraction of sp³-hybridized carbons (Fsp3) is 0.231. The average molecular weight is 272 g/mol. The number of nitrogens with one attached hydrogen (secondary N) is 1. The Morgan fingerprint density at radius 2 is 2.15 bits per heavy atom. The summed E-state index contributed by atoms with van der Waals surface area (Å²) in [5.74, 6) is 0. The molecule has 0 atom stereocenters. The highest BCUT2D eigenvalue weighted by molar-refractivity contribution is 6.02. The van der Waals surface area contributed by atoms with Gasteiger partial charge < -0.3 is 9.47 Å². The van der Waals surface area contributed by atoms with E-state index in [1.54, 1.807) is 6.20 Å². The van der Waals surface area contributed by atoms with Gasteiger partial charge in [-0.25, -0.2) is 9.61 Å². The SMILES string of the molecule is Cn1ccc(=O)c2c(/C=C/[NH+](C)C)nc3nonc3c21. The fourth-order valence-electron chi connectivity index (χ4n) is 2.11. The molecule has 0 saturated carbocycles. The van der Waals surface area contributed by atoms with Gasteiger partial charge in [-0.15, -0.1) is 0 Å². The lowest BCUT2D eigenvalue weighted by Crippen LogP contribution is -3.00. The quantitative estimate of drug-likeness (QED) is 0.686. The molecule has 0 aliphatic heterocycles. The zero-order valence-electron chi connectivity index (χ0n) is 11.4. The summed E-state index contributed by atoms with van der Waals surface area (Å²) < 4.78 is 6.57. The molecule has 0 saturated heterocycles. The van der Waals surface area contributed by atoms with Crippen LogP contribution in [-0.2, 0) is 7.05 Å². The molecule has 0 spiro atoms. The van der Waals surface area contributed by atoms with Gasteiger partial charge in [-0.3, -0.25) is 4.79 Å². The first-order valence-corrected chi connectivity index (χ1v) is 6.18. The van der Waals surface area contributed by atoms with Crippen molar-refractivity contribution in [2.45, 2.75) is 0 Å². The van der Waals surface area contributed by atoms with E-state index >= 15 is 0 Å². The highest BCUT2D eigenvalue weighted by Crippen LogP contribution is 2.21. The summed E-state index contributed by atoms with van der Waals surface area (Å²) in [6.07, 6.45) is 5.42. The lowest BCUT2D eigenvalue weighted by atomic mass is 10.1. The van der Waals surface area contributed by atoms with Gasteiger partial charge in [0.2, 0.25) is 5.65 Å². The van der Waals surface area contributed by atoms with E-state index in [1.807, 2.05) is 38.0 Å². The van der Waals surface area contributed by atoms with E-state index in [1.165, 1.54) is 6.07 Å². The van der Waals surface area contributed by atoms with E-state index in [0.717, 1.165) is 4.90 Å². The number of nitrogens with zero attached hydrogens (tertiary/aromatic N) is 4. The number of quaternary nitrogens is 1. The third kappa shape index (κ3) is 1.88. The molecule has 0 fully saturated rings. The van der Waals surface area contributed by atoms with Crippen molar-refractivity contribution in [3.05, 3.63) is 34.4 Å². The lowest BCUT2D eigenvalue weighted by molar-refractivity contribution is -0.800. The normalized spacial score (nSPS) is 12.2. The number of fused-ring (bicyclic) bond motifs is 3. The van der Waals surface area contributed by atoms with Crippen LogP contribution in [0.3, 0.4) is 0 Å². The van der Waals surface area contributed by atoms with Crippen molar-refractivity contribution in [1.82, 2.24) is 19.9 Å². The van der Waals surface area contributed by atoms with Gasteiger partial charge in [0, 0.05) is 25.4 Å². The van der Waals surface area contributed by atoms with Gasteiger partial charge >= 0.3 is 0 Å². The van der Waals surface area contributed by atoms with Gasteiger partial charge in [-0.2, -0.15) is 0 Å². The van der Waals surface area contributed by atoms with E-state index in [4.69, 9.17) is 4.63 Å². The van der Waals surface area contributed by atoms with Crippen LogP contribution in [0.5, 0.6) is 0 Å². The molecule has 3 rings (SSSR count). The minimum Gasteiger partial charge on any atom is -0.348 e. The Hall–Kier alpha value is -2.54. The molecular weight excluding hydrogens is 258 g/mol. The van der Waals surface area contributed by atoms with Crippen LogP contribution in [0.25, 0.3) is 28.1 Å². The molecule has 0 radical (unpaired) electrons. The number of pyridine rings is 2. The van der Waals surface area contributed by atoms with E-state index < -0.39 is 0 Å². The molecule has 0 aliphatic carbocycles. The molecule has 1 N–H and O–H groups in total. The summed E-state index contributed by atoms with van der Waals surface area (Å²) in [5, 5.41) is 8.15. The topological polar surface area (TPSA) is 78.2 Å². The first-order chi connectivity index (χ1) is 9.58. The summed E-state index contributed by atoms with van der Waals surface area (Å²) in [6.45, 7) is 0. The molecule has 20 heavy (non-hydrogen) atoms. The number of hydrogen-bond acceptors (Lipinski definition) is 5. The van der Waals surface area contributed by atoms with Crippen molar-refractivity contribution >= 4 is 28.1 Å². The Morgan fingerprint density at radius 3 is 2.90 bits per heavy atom. The fourth-order valence-corrected chi connectivity index (χ4v) is 2.11. The molecule has 0 unspecified atom stereocenters. The number of hydrogen-bond donors (Lipinski definition) is 1. The van der Waals surface area contributed by atoms with Crippen LogP contribution in [0.15, 0.2) is 27.9 Å². The molecule has 3 aromatic heterocycles. The van der Waals surface area contributed by atoms with Gasteiger partial charge in [0.25, 0.3) is 0 Å². The van der Waals surface area contributed by atoms with Gasteiger partial charge in [0.15, 0.2) is 10.9 Å². The maximum atomic E-state index is 12.2. The highest BCUT2D eigenvalue weighted by atomic mass is 16.6. The van der Waals surface area contributed by atoms with Crippen molar-refractivity contribution in [3.63, 3.8) is 0 Å². The summed E-state index contributed by atoms with van der Waals surface area (Å²) in [7, 11) is 5.81. The largest absolute Gasteiger partial charge is 0.348 e. The van der Waals surface area contributed by atoms with E-state index in [0.29, 0.717) is 27.8 Å². The third-order valence-corrected chi connectivity index (χ3v) is 3.04. The van der Waals surface area contributed by atoms with Crippen LogP contribution in [0, 0.1) is 0 Å². The molecule has 3 aromatic rings. The summed E-state index contributed by atoms with van der Waals surface area (Å²) >= 11 is 0. The standard InChI is InChI=1S/C13H13N5O2/c1-17(2)6-4-8-10-9(19)5-7-18(3)12(10)11-13(14-8)16-20-15-11/h4-7H,1-3H3/p+1/b6-4+. The third-order valence-electron chi connectivity index (χ3n) is 3.04. The Kier molecular flexibility index (Phi) is 2.83. The Bertz CT molecular complexity index is 875. The first-order valence-electron chi connectivity index (χ1n) is 6.18. The smallest absolute Gasteiger partial charge is 0.226 e. The molecule has 7 nitrogen and oxygen atoms in total. The Balaban J connectivity index is 2.49. The zero-order chi connectivity index (χ0) is 14.3. The van der Waals surface area contributed by atoms with Crippen molar-refractivity contribution < 1.29 is 9.53 Å². The summed E-state index contributed by atoms with van der Waals surface area (Å²) in [5.41, 5.74) is 2.05. The van der Waals surface area contributed by atoms with Crippen LogP contribution in [-0.4, -0.2) is 34.0 Å². The minimum atomic E-state index is -0.0936. The van der Waals surface area contributed by atoms with Crippen molar-refractivity contribution in [2.75, 3.05) is 14.1 Å². The second-order valence-corrected chi connectivity index (χ2v) is 4.86. The lowest BCUT2D eigenvalue weighted by Gasteiger charge is -2.06. The predicted molar refractivity (Wildman–Crippen MR) is 74.2 cm³/mol. The van der Waals surface area contributed by atoms with Crippen LogP contribution in [0.1, 0.15) is 5.69 Å². The van der Waals surface area contributed by atoms with Gasteiger partial charge in [-0.05, 0) is 10.3 Å². The van der Waals surface area contributed by atoms with Crippen LogP contribution in [0.2, 0.25) is 0 Å². The van der Waals surface area contributed by atoms with Crippen molar-refractivity contribution in [1.29, 1.82) is 0 Å². The second kappa shape index (κ2) is 4.53. The molecule has 3 heterocycles. The second-order valence-electron chi connectivity index (χ2n) is 4.86. The number of aryl methyl sites for hydroxylation is 1. The van der Waals surface area contributed by atoms with Gasteiger partial charge in [-0.1, -0.05) is 0 Å². The highest BCUT2D eigenvalue weighted by Gasteiger charge is 2.15. The molecular formula is C13H14N5O2+. The summed E-state index contributed by atoms with van der Waals surface area (Å²) in [4.78, 5) is 17.7. The zero-order valence-corrected chi connectivity index (χ0v) is 11.4. The van der Waals surface area contributed by atoms with Crippen molar-refractivity contribution in [3.8, 4) is 0 Å². The van der Waals surface area contributed by atoms with Gasteiger partial charge in [0.1, 0.15) is 0 Å². The first kappa shape index (κ1) is 12.5. The minimum absolute atomic E-state index is 0.0936. The Labute approximate surface area is 114 Å². The number of rotatable bonds is 2. The summed E-state index contributed by atoms with van der Waals surface area (Å²) in [6, 6.07) is 1.52. The van der Waals surface area contributed by atoms with Crippen LogP contribution < -0.4 is 10.3 Å². The maximum absolute atomic E-state index is 12.2. The monoisotopic (exact) mass is 272 g/mol. The van der Waals surface area contributed by atoms with E-state index in [-0.39, 0.29) is 5.43 Å². The van der Waals surface area contributed by atoms with E-state index in [2.05, 4.69) is 15.3 Å². The molecule has 0 aromatic carbocycles. The molecule has 0 bridgehead atoms. The van der Waals surface area contributed by atoms with Gasteiger partial charge in [0.05, 0.1) is 36.9 Å². The molecule has 0 amide bonds.